The van der Waals surface area contributed by atoms with Crippen molar-refractivity contribution >= 4 is 0 Å². The van der Waals surface area contributed by atoms with Crippen LogP contribution in [0.3, 0.4) is 0 Å². The molecule has 0 bridgehead atoms. The van der Waals surface area contributed by atoms with Gasteiger partial charge in [0, 0.05) is 6.42 Å². The minimum atomic E-state index is 0.0238. The maximum Gasteiger partial charge on any atom is 0.0763 e. The Morgan fingerprint density at radius 1 is 1.30 bits per heavy atom. The molecule has 0 aromatic carbocycles. The van der Waals surface area contributed by atoms with Crippen LogP contribution in [0.25, 0.3) is 0 Å². The Balaban J connectivity index is 4.12. The molecule has 0 N–H and O–H groups in total. The molecule has 0 fully saturated rings. The number of hydrogen-bond acceptors (Lipinski definition) is 1. The summed E-state index contributed by atoms with van der Waals surface area (Å²) in [4.78, 5) is 2.12. The average Bonchev–Trinajstić information content (AvgIpc) is 1.84. The highest BCUT2D eigenvalue weighted by Crippen LogP contribution is 2.06. The molecule has 0 aliphatic heterocycles. The summed E-state index contributed by atoms with van der Waals surface area (Å²) in [5, 5.41) is 0. The standard InChI is InChI=1S/C9H17N/c1-6-7-8-9(2,3)10(4)5/h6H2,1-5H3. The minimum absolute atomic E-state index is 0.0238. The van der Waals surface area contributed by atoms with Crippen molar-refractivity contribution in [3.05, 3.63) is 0 Å². The van der Waals surface area contributed by atoms with E-state index in [0.717, 1.165) is 6.42 Å². The second-order valence-electron chi connectivity index (χ2n) is 3.11. The lowest BCUT2D eigenvalue weighted by atomic mass is 10.1. The Morgan fingerprint density at radius 3 is 2.10 bits per heavy atom. The molecule has 0 heterocycles. The first-order chi connectivity index (χ1) is 4.50. The van der Waals surface area contributed by atoms with Crippen molar-refractivity contribution in [2.75, 3.05) is 14.1 Å². The molecule has 0 saturated carbocycles. The minimum Gasteiger partial charge on any atom is -0.294 e. The van der Waals surface area contributed by atoms with Crippen molar-refractivity contribution in [2.45, 2.75) is 32.7 Å². The van der Waals surface area contributed by atoms with E-state index in [-0.39, 0.29) is 5.54 Å². The zero-order valence-corrected chi connectivity index (χ0v) is 7.65. The summed E-state index contributed by atoms with van der Waals surface area (Å²) in [6.45, 7) is 6.31. The van der Waals surface area contributed by atoms with Gasteiger partial charge in [-0.3, -0.25) is 4.90 Å². The fourth-order valence-electron chi connectivity index (χ4n) is 0.416. The van der Waals surface area contributed by atoms with Gasteiger partial charge in [-0.25, -0.2) is 0 Å². The van der Waals surface area contributed by atoms with Crippen LogP contribution in [0.5, 0.6) is 0 Å². The van der Waals surface area contributed by atoms with Gasteiger partial charge < -0.3 is 0 Å². The van der Waals surface area contributed by atoms with E-state index in [9.17, 15) is 0 Å². The molecule has 0 saturated heterocycles. The summed E-state index contributed by atoms with van der Waals surface area (Å²) in [6.07, 6.45) is 0.942. The smallest absolute Gasteiger partial charge is 0.0763 e. The Kier molecular flexibility index (Phi) is 3.46. The fraction of sp³-hybridized carbons (Fsp3) is 0.778. The van der Waals surface area contributed by atoms with E-state index in [1.807, 2.05) is 14.1 Å². The fourth-order valence-corrected chi connectivity index (χ4v) is 0.416. The van der Waals surface area contributed by atoms with Gasteiger partial charge in [0.1, 0.15) is 0 Å². The maximum atomic E-state index is 3.18. The van der Waals surface area contributed by atoms with E-state index in [0.29, 0.717) is 0 Å². The van der Waals surface area contributed by atoms with Crippen LogP contribution in [0.2, 0.25) is 0 Å². The van der Waals surface area contributed by atoms with Gasteiger partial charge in [0.05, 0.1) is 5.54 Å². The molecule has 0 unspecified atom stereocenters. The summed E-state index contributed by atoms with van der Waals surface area (Å²) < 4.78 is 0. The molecule has 58 valence electrons. The van der Waals surface area contributed by atoms with Gasteiger partial charge in [-0.1, -0.05) is 12.8 Å². The third-order valence-corrected chi connectivity index (χ3v) is 1.69. The highest BCUT2D eigenvalue weighted by molar-refractivity contribution is 5.13. The van der Waals surface area contributed by atoms with E-state index >= 15 is 0 Å². The van der Waals surface area contributed by atoms with E-state index < -0.39 is 0 Å². The zero-order chi connectivity index (χ0) is 8.20. The molecule has 0 amide bonds. The van der Waals surface area contributed by atoms with Crippen LogP contribution in [0.15, 0.2) is 0 Å². The molecular weight excluding hydrogens is 122 g/mol. The first-order valence-corrected chi connectivity index (χ1v) is 3.68. The Morgan fingerprint density at radius 2 is 1.80 bits per heavy atom. The summed E-state index contributed by atoms with van der Waals surface area (Å²) in [5.74, 6) is 6.26. The normalized spacial score (nSPS) is 11.0. The Labute approximate surface area is 64.4 Å². The van der Waals surface area contributed by atoms with Crippen LogP contribution in [0.4, 0.5) is 0 Å². The monoisotopic (exact) mass is 139 g/mol. The first kappa shape index (κ1) is 9.52. The molecule has 0 rings (SSSR count). The molecule has 0 radical (unpaired) electrons. The Bertz CT molecular complexity index is 146. The van der Waals surface area contributed by atoms with Crippen LogP contribution in [-0.4, -0.2) is 24.5 Å². The van der Waals surface area contributed by atoms with Crippen molar-refractivity contribution in [1.29, 1.82) is 0 Å². The second kappa shape index (κ2) is 3.63. The molecule has 0 spiro atoms. The highest BCUT2D eigenvalue weighted by Gasteiger charge is 2.15. The van der Waals surface area contributed by atoms with Crippen LogP contribution < -0.4 is 0 Å². The molecule has 0 aliphatic carbocycles. The number of nitrogens with zero attached hydrogens (tertiary/aromatic N) is 1. The van der Waals surface area contributed by atoms with Crippen LogP contribution >= 0.6 is 0 Å². The highest BCUT2D eigenvalue weighted by atomic mass is 15.1. The summed E-state index contributed by atoms with van der Waals surface area (Å²) in [7, 11) is 4.09. The molecule has 0 atom stereocenters. The van der Waals surface area contributed by atoms with Gasteiger partial charge >= 0.3 is 0 Å². The molecule has 10 heavy (non-hydrogen) atoms. The van der Waals surface area contributed by atoms with Crippen LogP contribution in [-0.2, 0) is 0 Å². The van der Waals surface area contributed by atoms with Crippen LogP contribution in [0, 0.1) is 11.8 Å². The maximum absolute atomic E-state index is 3.18. The van der Waals surface area contributed by atoms with Gasteiger partial charge in [-0.05, 0) is 27.9 Å². The average molecular weight is 139 g/mol. The zero-order valence-electron chi connectivity index (χ0n) is 7.65. The van der Waals surface area contributed by atoms with Gasteiger partial charge in [0.25, 0.3) is 0 Å². The largest absolute Gasteiger partial charge is 0.294 e. The van der Waals surface area contributed by atoms with E-state index in [1.54, 1.807) is 0 Å². The van der Waals surface area contributed by atoms with Crippen molar-refractivity contribution in [3.8, 4) is 11.8 Å². The lowest BCUT2D eigenvalue weighted by molar-refractivity contribution is 0.263. The molecule has 0 aliphatic rings. The molecule has 0 aromatic heterocycles. The van der Waals surface area contributed by atoms with Gasteiger partial charge in [0.15, 0.2) is 0 Å². The van der Waals surface area contributed by atoms with Crippen molar-refractivity contribution in [3.63, 3.8) is 0 Å². The van der Waals surface area contributed by atoms with E-state index in [2.05, 4.69) is 37.5 Å². The summed E-state index contributed by atoms with van der Waals surface area (Å²) in [5.41, 5.74) is 0.0238. The van der Waals surface area contributed by atoms with Crippen LogP contribution in [0.1, 0.15) is 27.2 Å². The predicted octanol–water partition coefficient (Wildman–Crippen LogP) is 1.74. The van der Waals surface area contributed by atoms with Crippen molar-refractivity contribution in [1.82, 2.24) is 4.90 Å². The number of hydrogen-bond donors (Lipinski definition) is 0. The van der Waals surface area contributed by atoms with Crippen molar-refractivity contribution in [2.24, 2.45) is 0 Å². The van der Waals surface area contributed by atoms with Gasteiger partial charge in [0.2, 0.25) is 0 Å². The predicted molar refractivity (Wildman–Crippen MR) is 45.8 cm³/mol. The van der Waals surface area contributed by atoms with E-state index in [1.165, 1.54) is 0 Å². The SMILES string of the molecule is CCC#CC(C)(C)N(C)C. The van der Waals surface area contributed by atoms with Gasteiger partial charge in [-0.15, -0.1) is 5.92 Å². The Hall–Kier alpha value is -0.480. The third kappa shape index (κ3) is 2.89. The summed E-state index contributed by atoms with van der Waals surface area (Å²) in [6, 6.07) is 0. The third-order valence-electron chi connectivity index (χ3n) is 1.69. The first-order valence-electron chi connectivity index (χ1n) is 3.68. The second-order valence-corrected chi connectivity index (χ2v) is 3.11. The summed E-state index contributed by atoms with van der Waals surface area (Å²) >= 11 is 0. The van der Waals surface area contributed by atoms with Crippen molar-refractivity contribution < 1.29 is 0 Å². The van der Waals surface area contributed by atoms with E-state index in [4.69, 9.17) is 0 Å². The molecule has 0 aromatic rings. The topological polar surface area (TPSA) is 3.24 Å². The lowest BCUT2D eigenvalue weighted by Gasteiger charge is -2.26. The van der Waals surface area contributed by atoms with Gasteiger partial charge in [-0.2, -0.15) is 0 Å². The lowest BCUT2D eigenvalue weighted by Crippen LogP contribution is -2.36. The molecule has 1 heteroatoms. The molecular formula is C9H17N. The number of rotatable bonds is 1. The quantitative estimate of drug-likeness (QED) is 0.500. The molecule has 1 nitrogen and oxygen atoms in total.